The molecule has 0 aliphatic carbocycles. The summed E-state index contributed by atoms with van der Waals surface area (Å²) in [5, 5.41) is 0. The topological polar surface area (TPSA) is 38.8 Å². The molecule has 1 heterocycles. The molecule has 1 aliphatic rings. The van der Waals surface area contributed by atoms with Gasteiger partial charge in [0.05, 0.1) is 7.11 Å². The van der Waals surface area contributed by atoms with Crippen molar-refractivity contribution in [1.82, 2.24) is 4.90 Å². The van der Waals surface area contributed by atoms with E-state index < -0.39 is 5.60 Å². The van der Waals surface area contributed by atoms with Crippen molar-refractivity contribution in [3.63, 3.8) is 0 Å². The first-order valence-electron chi connectivity index (χ1n) is 7.62. The van der Waals surface area contributed by atoms with Gasteiger partial charge in [0.1, 0.15) is 11.4 Å². The van der Waals surface area contributed by atoms with Crippen LogP contribution < -0.4 is 4.74 Å². The minimum Gasteiger partial charge on any atom is -0.496 e. The van der Waals surface area contributed by atoms with Crippen molar-refractivity contribution in [2.45, 2.75) is 39.7 Å². The molecule has 0 atom stereocenters. The van der Waals surface area contributed by atoms with E-state index in [-0.39, 0.29) is 6.09 Å². The van der Waals surface area contributed by atoms with Gasteiger partial charge < -0.3 is 14.4 Å². The number of hydrogen-bond acceptors (Lipinski definition) is 3. The zero-order valence-corrected chi connectivity index (χ0v) is 14.1. The molecule has 0 saturated carbocycles. The van der Waals surface area contributed by atoms with Crippen LogP contribution in [0.1, 0.15) is 38.3 Å². The molecule has 1 aromatic carbocycles. The molecule has 0 unspecified atom stereocenters. The van der Waals surface area contributed by atoms with Gasteiger partial charge in [0.25, 0.3) is 0 Å². The van der Waals surface area contributed by atoms with Crippen LogP contribution in [0.25, 0.3) is 5.57 Å². The molecule has 0 bridgehead atoms. The Bertz CT molecular complexity index is 584. The summed E-state index contributed by atoms with van der Waals surface area (Å²) in [5.41, 5.74) is 3.08. The van der Waals surface area contributed by atoms with E-state index in [9.17, 15) is 4.79 Å². The van der Waals surface area contributed by atoms with Gasteiger partial charge in [-0.25, -0.2) is 4.79 Å². The Hall–Kier alpha value is -1.97. The third kappa shape index (κ3) is 4.03. The summed E-state index contributed by atoms with van der Waals surface area (Å²) in [6, 6.07) is 6.16. The molecule has 2 rings (SSSR count). The maximum Gasteiger partial charge on any atom is 0.410 e. The van der Waals surface area contributed by atoms with Gasteiger partial charge in [0.15, 0.2) is 0 Å². The molecule has 1 aliphatic heterocycles. The van der Waals surface area contributed by atoms with E-state index in [1.54, 1.807) is 12.0 Å². The van der Waals surface area contributed by atoms with Gasteiger partial charge in [0, 0.05) is 18.7 Å². The first-order valence-corrected chi connectivity index (χ1v) is 7.62. The maximum atomic E-state index is 12.1. The Kier molecular flexibility index (Phi) is 4.79. The number of carbonyl (C=O) groups is 1. The number of rotatable bonds is 2. The molecule has 22 heavy (non-hydrogen) atoms. The third-order valence-corrected chi connectivity index (χ3v) is 3.56. The molecular formula is C18H25NO3. The fraction of sp³-hybridized carbons (Fsp3) is 0.500. The number of methoxy groups -OCH3 is 1. The Morgan fingerprint density at radius 2 is 2.00 bits per heavy atom. The summed E-state index contributed by atoms with van der Waals surface area (Å²) in [6.45, 7) is 8.95. The molecular weight excluding hydrogens is 278 g/mol. The van der Waals surface area contributed by atoms with Crippen LogP contribution in [0, 0.1) is 6.92 Å². The summed E-state index contributed by atoms with van der Waals surface area (Å²) in [4.78, 5) is 13.8. The fourth-order valence-electron chi connectivity index (χ4n) is 2.48. The smallest absolute Gasteiger partial charge is 0.410 e. The van der Waals surface area contributed by atoms with Crippen LogP contribution in [-0.2, 0) is 4.74 Å². The molecule has 4 heteroatoms. The van der Waals surface area contributed by atoms with Crippen molar-refractivity contribution in [3.05, 3.63) is 35.4 Å². The second-order valence-corrected chi connectivity index (χ2v) is 6.61. The van der Waals surface area contributed by atoms with E-state index in [1.807, 2.05) is 32.9 Å². The van der Waals surface area contributed by atoms with Gasteiger partial charge in [-0.3, -0.25) is 0 Å². The van der Waals surface area contributed by atoms with E-state index >= 15 is 0 Å². The van der Waals surface area contributed by atoms with Gasteiger partial charge in [-0.05, 0) is 51.8 Å². The Balaban J connectivity index is 2.12. The molecule has 0 spiro atoms. The van der Waals surface area contributed by atoms with Crippen molar-refractivity contribution in [2.75, 3.05) is 20.2 Å². The van der Waals surface area contributed by atoms with Gasteiger partial charge in [-0.1, -0.05) is 17.7 Å². The van der Waals surface area contributed by atoms with Crippen LogP contribution in [0.5, 0.6) is 5.75 Å². The molecule has 0 aromatic heterocycles. The van der Waals surface area contributed by atoms with E-state index in [2.05, 4.69) is 19.1 Å². The molecule has 4 nitrogen and oxygen atoms in total. The Morgan fingerprint density at radius 3 is 2.55 bits per heavy atom. The summed E-state index contributed by atoms with van der Waals surface area (Å²) in [6.07, 6.45) is 2.64. The summed E-state index contributed by atoms with van der Waals surface area (Å²) >= 11 is 0. The van der Waals surface area contributed by atoms with E-state index in [1.165, 1.54) is 11.1 Å². The quantitative estimate of drug-likeness (QED) is 0.828. The normalized spacial score (nSPS) is 15.3. The second kappa shape index (κ2) is 6.42. The van der Waals surface area contributed by atoms with Crippen molar-refractivity contribution in [2.24, 2.45) is 0 Å². The van der Waals surface area contributed by atoms with Crippen LogP contribution in [0.4, 0.5) is 4.79 Å². The molecule has 120 valence electrons. The minimum atomic E-state index is -0.458. The largest absolute Gasteiger partial charge is 0.496 e. The predicted octanol–water partition coefficient (Wildman–Crippen LogP) is 4.03. The zero-order valence-electron chi connectivity index (χ0n) is 14.1. The van der Waals surface area contributed by atoms with E-state index in [4.69, 9.17) is 9.47 Å². The maximum absolute atomic E-state index is 12.1. The predicted molar refractivity (Wildman–Crippen MR) is 88.1 cm³/mol. The molecule has 0 fully saturated rings. The molecule has 1 amide bonds. The lowest BCUT2D eigenvalue weighted by Gasteiger charge is -2.30. The van der Waals surface area contributed by atoms with E-state index in [0.717, 1.165) is 17.7 Å². The first-order chi connectivity index (χ1) is 10.3. The number of nitrogens with zero attached hydrogens (tertiary/aromatic N) is 1. The van der Waals surface area contributed by atoms with Gasteiger partial charge >= 0.3 is 6.09 Å². The minimum absolute atomic E-state index is 0.251. The Morgan fingerprint density at radius 1 is 1.27 bits per heavy atom. The highest BCUT2D eigenvalue weighted by atomic mass is 16.6. The average molecular weight is 303 g/mol. The van der Waals surface area contributed by atoms with Gasteiger partial charge in [-0.2, -0.15) is 0 Å². The molecule has 0 saturated heterocycles. The highest BCUT2D eigenvalue weighted by Crippen LogP contribution is 2.31. The third-order valence-electron chi connectivity index (χ3n) is 3.56. The van der Waals surface area contributed by atoms with Gasteiger partial charge in [0.2, 0.25) is 0 Å². The number of hydrogen-bond donors (Lipinski definition) is 0. The van der Waals surface area contributed by atoms with Crippen LogP contribution in [0.2, 0.25) is 0 Å². The zero-order chi connectivity index (χ0) is 16.3. The number of carbonyl (C=O) groups excluding carboxylic acids is 1. The lowest BCUT2D eigenvalue weighted by Crippen LogP contribution is -2.39. The molecule has 0 radical (unpaired) electrons. The number of ether oxygens (including phenoxy) is 2. The number of amides is 1. The van der Waals surface area contributed by atoms with Gasteiger partial charge in [-0.15, -0.1) is 0 Å². The summed E-state index contributed by atoms with van der Waals surface area (Å²) in [5.74, 6) is 0.877. The van der Waals surface area contributed by atoms with Crippen molar-refractivity contribution >= 4 is 11.7 Å². The Labute approximate surface area is 132 Å². The highest BCUT2D eigenvalue weighted by Gasteiger charge is 2.24. The second-order valence-electron chi connectivity index (χ2n) is 6.61. The van der Waals surface area contributed by atoms with E-state index in [0.29, 0.717) is 13.1 Å². The number of aryl methyl sites for hydroxylation is 1. The van der Waals surface area contributed by atoms with Crippen molar-refractivity contribution in [3.8, 4) is 5.75 Å². The summed E-state index contributed by atoms with van der Waals surface area (Å²) in [7, 11) is 1.69. The van der Waals surface area contributed by atoms with Crippen molar-refractivity contribution in [1.29, 1.82) is 0 Å². The lowest BCUT2D eigenvalue weighted by molar-refractivity contribution is 0.0270. The van der Waals surface area contributed by atoms with Crippen LogP contribution in [0.15, 0.2) is 24.3 Å². The monoisotopic (exact) mass is 303 g/mol. The van der Waals surface area contributed by atoms with Crippen LogP contribution in [0.3, 0.4) is 0 Å². The highest BCUT2D eigenvalue weighted by molar-refractivity contribution is 5.75. The fourth-order valence-corrected chi connectivity index (χ4v) is 2.48. The average Bonchev–Trinajstić information content (AvgIpc) is 2.45. The first kappa shape index (κ1) is 16.4. The number of benzene rings is 1. The van der Waals surface area contributed by atoms with Crippen molar-refractivity contribution < 1.29 is 14.3 Å². The molecule has 1 aromatic rings. The standard InChI is InChI=1S/C18H25NO3/c1-13-6-7-16(21-5)15(12-13)14-8-10-19(11-9-14)17(20)22-18(2,3)4/h6-8,12H,9-11H2,1-5H3. The van der Waals surface area contributed by atoms with Crippen LogP contribution in [-0.4, -0.2) is 36.8 Å². The molecule has 0 N–H and O–H groups in total. The lowest BCUT2D eigenvalue weighted by atomic mass is 9.97. The SMILES string of the molecule is COc1ccc(C)cc1C1=CCN(C(=O)OC(C)(C)C)CC1. The van der Waals surface area contributed by atoms with Crippen LogP contribution >= 0.6 is 0 Å². The summed E-state index contributed by atoms with van der Waals surface area (Å²) < 4.78 is 10.9.